The number of carbonyl (C=O) groups excluding carboxylic acids is 1. The summed E-state index contributed by atoms with van der Waals surface area (Å²) in [7, 11) is 1.56. The molecule has 0 bridgehead atoms. The molecular formula is C24H23BrN2O6S. The third kappa shape index (κ3) is 4.47. The average Bonchev–Trinajstić information content (AvgIpc) is 3.35. The van der Waals surface area contributed by atoms with Crippen molar-refractivity contribution in [2.24, 2.45) is 4.99 Å². The van der Waals surface area contributed by atoms with Gasteiger partial charge in [-0.2, -0.15) is 0 Å². The largest absolute Gasteiger partial charge is 0.493 e. The predicted molar refractivity (Wildman–Crippen MR) is 131 cm³/mol. The summed E-state index contributed by atoms with van der Waals surface area (Å²) in [5.41, 5.74) is 1.18. The summed E-state index contributed by atoms with van der Waals surface area (Å²) in [5.74, 6) is 1.08. The van der Waals surface area contributed by atoms with Gasteiger partial charge in [-0.3, -0.25) is 9.36 Å². The van der Waals surface area contributed by atoms with E-state index < -0.39 is 12.0 Å². The topological polar surface area (TPSA) is 92.3 Å². The number of rotatable bonds is 7. The first-order valence-electron chi connectivity index (χ1n) is 10.6. The van der Waals surface area contributed by atoms with E-state index in [9.17, 15) is 9.59 Å². The zero-order chi connectivity index (χ0) is 24.4. The third-order valence-electron chi connectivity index (χ3n) is 5.19. The van der Waals surface area contributed by atoms with E-state index in [2.05, 4.69) is 20.9 Å². The first-order chi connectivity index (χ1) is 16.4. The van der Waals surface area contributed by atoms with Crippen molar-refractivity contribution in [3.05, 3.63) is 77.3 Å². The standard InChI is InChI=1S/C24H23BrN2O6S/c1-5-31-17-11-14(7-9-16(17)30-4)21-20(23(29)32-6-2)13(3)26-24-27(21)22(28)18(34-24)12-15-8-10-19(25)33-15/h7-12,21H,5-6H2,1-4H3/b18-12-/t21-/m1/s1. The number of aromatic nitrogens is 1. The molecule has 0 radical (unpaired) electrons. The van der Waals surface area contributed by atoms with Gasteiger partial charge < -0.3 is 18.6 Å². The number of thiazole rings is 1. The maximum absolute atomic E-state index is 13.6. The van der Waals surface area contributed by atoms with Crippen LogP contribution in [0.4, 0.5) is 0 Å². The van der Waals surface area contributed by atoms with Crippen molar-refractivity contribution < 1.29 is 23.4 Å². The Morgan fingerprint density at radius 2 is 2.03 bits per heavy atom. The summed E-state index contributed by atoms with van der Waals surface area (Å²) in [5, 5.41) is 0. The maximum Gasteiger partial charge on any atom is 0.338 e. The number of fused-ring (bicyclic) bond motifs is 1. The summed E-state index contributed by atoms with van der Waals surface area (Å²) in [6.45, 7) is 5.98. The van der Waals surface area contributed by atoms with Crippen molar-refractivity contribution in [3.8, 4) is 11.5 Å². The molecule has 0 N–H and O–H groups in total. The molecule has 0 aliphatic carbocycles. The molecular weight excluding hydrogens is 524 g/mol. The Labute approximate surface area is 207 Å². The molecule has 8 nitrogen and oxygen atoms in total. The number of hydrogen-bond donors (Lipinski definition) is 0. The van der Waals surface area contributed by atoms with Crippen LogP contribution in [0.1, 0.15) is 38.1 Å². The summed E-state index contributed by atoms with van der Waals surface area (Å²) in [4.78, 5) is 31.6. The lowest BCUT2D eigenvalue weighted by atomic mass is 9.95. The van der Waals surface area contributed by atoms with Crippen LogP contribution in [0.2, 0.25) is 0 Å². The minimum Gasteiger partial charge on any atom is -0.493 e. The van der Waals surface area contributed by atoms with E-state index in [0.717, 1.165) is 0 Å². The first kappa shape index (κ1) is 24.0. The molecule has 10 heteroatoms. The fourth-order valence-electron chi connectivity index (χ4n) is 3.77. The minimum atomic E-state index is -0.745. The molecule has 1 aliphatic rings. The SMILES string of the molecule is CCOC(=O)C1=C(C)N=c2s/c(=C\c3ccc(Br)o3)c(=O)n2[C@@H]1c1ccc(OC)c(OCC)c1. The van der Waals surface area contributed by atoms with Crippen molar-refractivity contribution in [3.63, 3.8) is 0 Å². The molecule has 0 saturated carbocycles. The van der Waals surface area contributed by atoms with Gasteiger partial charge in [0.2, 0.25) is 0 Å². The molecule has 0 unspecified atom stereocenters. The molecule has 3 aromatic rings. The summed E-state index contributed by atoms with van der Waals surface area (Å²) >= 11 is 4.50. The van der Waals surface area contributed by atoms with E-state index in [-0.39, 0.29) is 12.2 Å². The molecule has 3 heterocycles. The van der Waals surface area contributed by atoms with Crippen LogP contribution in [0.3, 0.4) is 0 Å². The van der Waals surface area contributed by atoms with Crippen LogP contribution in [0.15, 0.2) is 60.5 Å². The van der Waals surface area contributed by atoms with Crippen LogP contribution in [-0.4, -0.2) is 30.9 Å². The smallest absolute Gasteiger partial charge is 0.338 e. The highest BCUT2D eigenvalue weighted by atomic mass is 79.9. The molecule has 178 valence electrons. The Hall–Kier alpha value is -3.11. The maximum atomic E-state index is 13.6. The number of nitrogens with zero attached hydrogens (tertiary/aromatic N) is 2. The summed E-state index contributed by atoms with van der Waals surface area (Å²) in [6.07, 6.45) is 1.66. The number of halogens is 1. The van der Waals surface area contributed by atoms with E-state index in [0.29, 0.717) is 54.7 Å². The molecule has 4 rings (SSSR count). The van der Waals surface area contributed by atoms with Gasteiger partial charge in [0.05, 0.1) is 42.2 Å². The number of methoxy groups -OCH3 is 1. The molecule has 1 atom stereocenters. The van der Waals surface area contributed by atoms with Crippen LogP contribution in [0.25, 0.3) is 6.08 Å². The highest BCUT2D eigenvalue weighted by Crippen LogP contribution is 2.36. The van der Waals surface area contributed by atoms with Crippen LogP contribution in [0.5, 0.6) is 11.5 Å². The predicted octanol–water partition coefficient (Wildman–Crippen LogP) is 3.56. The van der Waals surface area contributed by atoms with Gasteiger partial charge in [0.25, 0.3) is 5.56 Å². The van der Waals surface area contributed by atoms with Gasteiger partial charge in [0.1, 0.15) is 5.76 Å². The number of furan rings is 1. The van der Waals surface area contributed by atoms with Gasteiger partial charge in [-0.05, 0) is 66.5 Å². The number of carbonyl (C=O) groups is 1. The molecule has 0 amide bonds. The number of ether oxygens (including phenoxy) is 3. The van der Waals surface area contributed by atoms with Crippen LogP contribution >= 0.6 is 27.3 Å². The van der Waals surface area contributed by atoms with Gasteiger partial charge in [0.15, 0.2) is 21.0 Å². The number of benzene rings is 1. The number of hydrogen-bond acceptors (Lipinski definition) is 8. The molecule has 1 aliphatic heterocycles. The van der Waals surface area contributed by atoms with Gasteiger partial charge in [-0.1, -0.05) is 17.4 Å². The molecule has 1 aromatic carbocycles. The fraction of sp³-hybridized carbons (Fsp3) is 0.292. The Morgan fingerprint density at radius 1 is 1.24 bits per heavy atom. The van der Waals surface area contributed by atoms with Crippen LogP contribution in [0, 0.1) is 0 Å². The quantitative estimate of drug-likeness (QED) is 0.420. The minimum absolute atomic E-state index is 0.201. The van der Waals surface area contributed by atoms with Crippen molar-refractivity contribution >= 4 is 39.3 Å². The van der Waals surface area contributed by atoms with Gasteiger partial charge in [-0.15, -0.1) is 0 Å². The Kier molecular flexibility index (Phi) is 7.08. The first-order valence-corrected chi connectivity index (χ1v) is 12.2. The van der Waals surface area contributed by atoms with Crippen molar-refractivity contribution in [1.29, 1.82) is 0 Å². The second-order valence-corrected chi connectivity index (χ2v) is 9.08. The molecule has 34 heavy (non-hydrogen) atoms. The highest BCUT2D eigenvalue weighted by Gasteiger charge is 2.34. The van der Waals surface area contributed by atoms with E-state index in [1.165, 1.54) is 15.9 Å². The summed E-state index contributed by atoms with van der Waals surface area (Å²) < 4.78 is 24.5. The van der Waals surface area contributed by atoms with Gasteiger partial charge in [-0.25, -0.2) is 9.79 Å². The fourth-order valence-corrected chi connectivity index (χ4v) is 5.12. The Balaban J connectivity index is 1.96. The number of esters is 1. The van der Waals surface area contributed by atoms with Crippen LogP contribution in [-0.2, 0) is 9.53 Å². The van der Waals surface area contributed by atoms with E-state index >= 15 is 0 Å². The normalized spacial score (nSPS) is 15.7. The zero-order valence-electron chi connectivity index (χ0n) is 19.1. The van der Waals surface area contributed by atoms with Gasteiger partial charge >= 0.3 is 5.97 Å². The Bertz CT molecular complexity index is 1450. The average molecular weight is 547 g/mol. The molecule has 0 spiro atoms. The second-order valence-electron chi connectivity index (χ2n) is 7.29. The van der Waals surface area contributed by atoms with E-state index in [1.807, 2.05) is 13.0 Å². The van der Waals surface area contributed by atoms with Crippen molar-refractivity contribution in [1.82, 2.24) is 4.57 Å². The number of allylic oxidation sites excluding steroid dienone is 1. The third-order valence-corrected chi connectivity index (χ3v) is 6.60. The van der Waals surface area contributed by atoms with Gasteiger partial charge in [0, 0.05) is 6.08 Å². The highest BCUT2D eigenvalue weighted by molar-refractivity contribution is 9.10. The zero-order valence-corrected chi connectivity index (χ0v) is 21.5. The monoisotopic (exact) mass is 546 g/mol. The molecule has 0 saturated heterocycles. The second kappa shape index (κ2) is 10.0. The lowest BCUT2D eigenvalue weighted by molar-refractivity contribution is -0.139. The van der Waals surface area contributed by atoms with Crippen molar-refractivity contribution in [2.75, 3.05) is 20.3 Å². The van der Waals surface area contributed by atoms with Crippen molar-refractivity contribution in [2.45, 2.75) is 26.8 Å². The van der Waals surface area contributed by atoms with E-state index in [4.69, 9.17) is 18.6 Å². The lowest BCUT2D eigenvalue weighted by Gasteiger charge is -2.25. The Morgan fingerprint density at radius 3 is 2.68 bits per heavy atom. The molecule has 0 fully saturated rings. The van der Waals surface area contributed by atoms with Crippen LogP contribution < -0.4 is 24.4 Å². The van der Waals surface area contributed by atoms with E-state index in [1.54, 1.807) is 51.3 Å². The lowest BCUT2D eigenvalue weighted by Crippen LogP contribution is -2.39. The molecule has 2 aromatic heterocycles. The summed E-state index contributed by atoms with van der Waals surface area (Å²) in [6, 6.07) is 8.12.